The number of rotatable bonds is 5. The summed E-state index contributed by atoms with van der Waals surface area (Å²) >= 11 is 1.79. The van der Waals surface area contributed by atoms with Crippen LogP contribution in [0.1, 0.15) is 62.2 Å². The molecule has 0 saturated heterocycles. The molecule has 2 unspecified atom stereocenters. The van der Waals surface area contributed by atoms with Crippen molar-refractivity contribution in [3.63, 3.8) is 0 Å². The third kappa shape index (κ3) is 3.75. The van der Waals surface area contributed by atoms with Gasteiger partial charge in [-0.2, -0.15) is 11.3 Å². The van der Waals surface area contributed by atoms with Gasteiger partial charge < -0.3 is 5.32 Å². The molecule has 0 radical (unpaired) electrons. The summed E-state index contributed by atoms with van der Waals surface area (Å²) in [5, 5.41) is 8.35. The van der Waals surface area contributed by atoms with Gasteiger partial charge in [0.15, 0.2) is 0 Å². The van der Waals surface area contributed by atoms with Gasteiger partial charge in [-0.1, -0.05) is 49.6 Å². The average Bonchev–Trinajstić information content (AvgIpc) is 3.09. The molecule has 0 aliphatic heterocycles. The topological polar surface area (TPSA) is 12.0 Å². The van der Waals surface area contributed by atoms with Crippen LogP contribution < -0.4 is 5.32 Å². The lowest BCUT2D eigenvalue weighted by atomic mass is 9.80. The molecule has 1 N–H and O–H groups in total. The SMILES string of the molecule is CC(NC(c1ccccc1)C1CCCCC1)c1ccsc1. The van der Waals surface area contributed by atoms with E-state index in [2.05, 4.69) is 59.4 Å². The normalized spacial score (nSPS) is 19.3. The summed E-state index contributed by atoms with van der Waals surface area (Å²) < 4.78 is 0. The van der Waals surface area contributed by atoms with Crippen LogP contribution in [0, 0.1) is 5.92 Å². The van der Waals surface area contributed by atoms with Crippen LogP contribution in [0.15, 0.2) is 47.2 Å². The number of nitrogens with one attached hydrogen (secondary N) is 1. The van der Waals surface area contributed by atoms with E-state index in [0.717, 1.165) is 5.92 Å². The molecule has 2 aromatic rings. The van der Waals surface area contributed by atoms with Gasteiger partial charge in [-0.05, 0) is 53.6 Å². The lowest BCUT2D eigenvalue weighted by Crippen LogP contribution is -2.31. The molecule has 1 fully saturated rings. The van der Waals surface area contributed by atoms with Gasteiger partial charge in [-0.3, -0.25) is 0 Å². The molecule has 1 aromatic heterocycles. The zero-order chi connectivity index (χ0) is 14.5. The first kappa shape index (κ1) is 14.8. The maximum absolute atomic E-state index is 3.91. The summed E-state index contributed by atoms with van der Waals surface area (Å²) in [6.45, 7) is 2.29. The molecule has 3 rings (SSSR count). The number of hydrogen-bond donors (Lipinski definition) is 1. The Labute approximate surface area is 132 Å². The van der Waals surface area contributed by atoms with E-state index in [1.165, 1.54) is 43.2 Å². The zero-order valence-electron chi connectivity index (χ0n) is 12.8. The van der Waals surface area contributed by atoms with Crippen LogP contribution in [0.3, 0.4) is 0 Å². The lowest BCUT2D eigenvalue weighted by molar-refractivity contribution is 0.257. The Balaban J connectivity index is 1.78. The highest BCUT2D eigenvalue weighted by Gasteiger charge is 2.26. The number of thiophene rings is 1. The van der Waals surface area contributed by atoms with Gasteiger partial charge in [-0.25, -0.2) is 0 Å². The van der Waals surface area contributed by atoms with Crippen LogP contribution in [-0.2, 0) is 0 Å². The molecular weight excluding hydrogens is 274 g/mol. The molecule has 1 nitrogen and oxygen atoms in total. The van der Waals surface area contributed by atoms with E-state index in [1.807, 2.05) is 0 Å². The largest absolute Gasteiger partial charge is 0.303 e. The predicted octanol–water partition coefficient (Wildman–Crippen LogP) is 5.72. The summed E-state index contributed by atoms with van der Waals surface area (Å²) in [4.78, 5) is 0. The number of hydrogen-bond acceptors (Lipinski definition) is 2. The number of benzene rings is 1. The lowest BCUT2D eigenvalue weighted by Gasteiger charge is -2.33. The zero-order valence-corrected chi connectivity index (χ0v) is 13.6. The molecule has 0 spiro atoms. The van der Waals surface area contributed by atoms with E-state index in [9.17, 15) is 0 Å². The standard InChI is InChI=1S/C19H25NS/c1-15(18-12-13-21-14-18)20-19(16-8-4-2-5-9-16)17-10-6-3-7-11-17/h2,4-5,8-9,12-15,17,19-20H,3,6-7,10-11H2,1H3. The van der Waals surface area contributed by atoms with Crippen LogP contribution in [0.2, 0.25) is 0 Å². The van der Waals surface area contributed by atoms with Crippen LogP contribution in [0.25, 0.3) is 0 Å². The summed E-state index contributed by atoms with van der Waals surface area (Å²) in [6.07, 6.45) is 6.93. The van der Waals surface area contributed by atoms with Gasteiger partial charge in [0.2, 0.25) is 0 Å². The van der Waals surface area contributed by atoms with Gasteiger partial charge in [0.25, 0.3) is 0 Å². The van der Waals surface area contributed by atoms with Crippen molar-refractivity contribution >= 4 is 11.3 Å². The van der Waals surface area contributed by atoms with Crippen molar-refractivity contribution in [2.75, 3.05) is 0 Å². The van der Waals surface area contributed by atoms with Crippen molar-refractivity contribution in [3.8, 4) is 0 Å². The fourth-order valence-corrected chi connectivity index (χ4v) is 4.27. The van der Waals surface area contributed by atoms with E-state index in [0.29, 0.717) is 12.1 Å². The third-order valence-corrected chi connectivity index (χ3v) is 5.45. The Kier molecular flexibility index (Phi) is 5.10. The molecule has 1 aromatic carbocycles. The monoisotopic (exact) mass is 299 g/mol. The molecular formula is C19H25NS. The van der Waals surface area contributed by atoms with Gasteiger partial charge >= 0.3 is 0 Å². The van der Waals surface area contributed by atoms with E-state index >= 15 is 0 Å². The molecule has 2 heteroatoms. The minimum Gasteiger partial charge on any atom is -0.303 e. The summed E-state index contributed by atoms with van der Waals surface area (Å²) in [6, 6.07) is 14.2. The summed E-state index contributed by atoms with van der Waals surface area (Å²) in [5.41, 5.74) is 2.86. The first-order chi connectivity index (χ1) is 10.3. The Morgan fingerprint density at radius 1 is 1.00 bits per heavy atom. The Morgan fingerprint density at radius 3 is 2.43 bits per heavy atom. The maximum atomic E-state index is 3.91. The second-order valence-corrected chi connectivity index (χ2v) is 7.01. The highest BCUT2D eigenvalue weighted by atomic mass is 32.1. The van der Waals surface area contributed by atoms with E-state index in [1.54, 1.807) is 11.3 Å². The Hall–Kier alpha value is -1.12. The van der Waals surface area contributed by atoms with Crippen molar-refractivity contribution in [1.82, 2.24) is 5.32 Å². The minimum atomic E-state index is 0.420. The fraction of sp³-hybridized carbons (Fsp3) is 0.474. The van der Waals surface area contributed by atoms with E-state index in [-0.39, 0.29) is 0 Å². The minimum absolute atomic E-state index is 0.420. The van der Waals surface area contributed by atoms with Crippen LogP contribution in [-0.4, -0.2) is 0 Å². The molecule has 21 heavy (non-hydrogen) atoms. The van der Waals surface area contributed by atoms with Crippen molar-refractivity contribution in [3.05, 3.63) is 58.3 Å². The Morgan fingerprint density at radius 2 is 1.76 bits per heavy atom. The highest BCUT2D eigenvalue weighted by molar-refractivity contribution is 7.07. The molecule has 112 valence electrons. The van der Waals surface area contributed by atoms with Gasteiger partial charge in [0.05, 0.1) is 0 Å². The molecule has 0 amide bonds. The highest BCUT2D eigenvalue weighted by Crippen LogP contribution is 2.36. The second kappa shape index (κ2) is 7.24. The van der Waals surface area contributed by atoms with Gasteiger partial charge in [0.1, 0.15) is 0 Å². The van der Waals surface area contributed by atoms with Crippen LogP contribution in [0.5, 0.6) is 0 Å². The predicted molar refractivity (Wildman–Crippen MR) is 91.6 cm³/mol. The fourth-order valence-electron chi connectivity index (χ4n) is 3.52. The first-order valence-electron chi connectivity index (χ1n) is 8.17. The van der Waals surface area contributed by atoms with Crippen molar-refractivity contribution in [1.29, 1.82) is 0 Å². The molecule has 1 saturated carbocycles. The molecule has 0 bridgehead atoms. The molecule has 1 aliphatic rings. The molecule has 1 heterocycles. The van der Waals surface area contributed by atoms with Crippen molar-refractivity contribution < 1.29 is 0 Å². The molecule has 1 aliphatic carbocycles. The summed E-state index contributed by atoms with van der Waals surface area (Å²) in [5.74, 6) is 0.780. The Bertz CT molecular complexity index is 514. The first-order valence-corrected chi connectivity index (χ1v) is 9.12. The molecule has 2 atom stereocenters. The third-order valence-electron chi connectivity index (χ3n) is 4.75. The maximum Gasteiger partial charge on any atom is 0.0353 e. The van der Waals surface area contributed by atoms with E-state index < -0.39 is 0 Å². The average molecular weight is 299 g/mol. The second-order valence-electron chi connectivity index (χ2n) is 6.23. The van der Waals surface area contributed by atoms with Crippen LogP contribution >= 0.6 is 11.3 Å². The van der Waals surface area contributed by atoms with Gasteiger partial charge in [0, 0.05) is 12.1 Å². The van der Waals surface area contributed by atoms with Crippen molar-refractivity contribution in [2.45, 2.75) is 51.1 Å². The van der Waals surface area contributed by atoms with E-state index in [4.69, 9.17) is 0 Å². The summed E-state index contributed by atoms with van der Waals surface area (Å²) in [7, 11) is 0. The smallest absolute Gasteiger partial charge is 0.0353 e. The van der Waals surface area contributed by atoms with Crippen molar-refractivity contribution in [2.24, 2.45) is 5.92 Å². The van der Waals surface area contributed by atoms with Gasteiger partial charge in [-0.15, -0.1) is 0 Å². The van der Waals surface area contributed by atoms with Crippen LogP contribution in [0.4, 0.5) is 0 Å². The quantitative estimate of drug-likeness (QED) is 0.744.